The highest BCUT2D eigenvalue weighted by molar-refractivity contribution is 6.38. The molecule has 1 unspecified atom stereocenters. The van der Waals surface area contributed by atoms with E-state index in [0.29, 0.717) is 12.2 Å². The van der Waals surface area contributed by atoms with E-state index < -0.39 is 12.1 Å². The average molecular weight is 391 g/mol. The van der Waals surface area contributed by atoms with Crippen LogP contribution in [0.2, 0.25) is 0 Å². The van der Waals surface area contributed by atoms with Gasteiger partial charge in [0.2, 0.25) is 5.91 Å². The van der Waals surface area contributed by atoms with Gasteiger partial charge in [-0.05, 0) is 37.1 Å². The second-order valence-electron chi connectivity index (χ2n) is 7.00. The molecule has 2 heterocycles. The molecule has 2 aliphatic heterocycles. The Labute approximate surface area is 168 Å². The maximum Gasteiger partial charge on any atom is 0.355 e. The lowest BCUT2D eigenvalue weighted by Crippen LogP contribution is -2.41. The lowest BCUT2D eigenvalue weighted by Gasteiger charge is -2.24. The van der Waals surface area contributed by atoms with E-state index in [4.69, 9.17) is 4.74 Å². The van der Waals surface area contributed by atoms with Crippen molar-refractivity contribution >= 4 is 34.9 Å². The number of rotatable bonds is 4. The minimum atomic E-state index is -0.945. The second kappa shape index (κ2) is 7.87. The van der Waals surface area contributed by atoms with Crippen LogP contribution in [0.25, 0.3) is 0 Å². The van der Waals surface area contributed by atoms with Crippen LogP contribution < -0.4 is 9.91 Å². The molecular formula is C22H21N3O4. The van der Waals surface area contributed by atoms with Crippen LogP contribution in [-0.2, 0) is 25.5 Å². The molecule has 1 atom stereocenters. The number of amides is 2. The third kappa shape index (κ3) is 3.76. The van der Waals surface area contributed by atoms with Crippen LogP contribution in [0.1, 0.15) is 25.3 Å². The Morgan fingerprint density at radius 3 is 2.52 bits per heavy atom. The molecular weight excluding hydrogens is 370 g/mol. The summed E-state index contributed by atoms with van der Waals surface area (Å²) < 4.78 is 5.40. The third-order valence-corrected chi connectivity index (χ3v) is 5.05. The van der Waals surface area contributed by atoms with Crippen molar-refractivity contribution in [3.63, 3.8) is 0 Å². The first-order chi connectivity index (χ1) is 14.0. The number of hydrogen-bond donors (Lipinski definition) is 0. The zero-order valence-electron chi connectivity index (χ0n) is 16.1. The summed E-state index contributed by atoms with van der Waals surface area (Å²) in [7, 11) is 0. The number of carbonyl (C=O) groups excluding carboxylic acids is 3. The lowest BCUT2D eigenvalue weighted by molar-refractivity contribution is -0.147. The van der Waals surface area contributed by atoms with Crippen molar-refractivity contribution in [2.75, 3.05) is 16.5 Å². The molecule has 2 amide bonds. The molecule has 2 aromatic rings. The fourth-order valence-electron chi connectivity index (χ4n) is 3.54. The van der Waals surface area contributed by atoms with Crippen LogP contribution in [0.3, 0.4) is 0 Å². The normalized spacial score (nSPS) is 16.9. The van der Waals surface area contributed by atoms with E-state index >= 15 is 0 Å². The first-order valence-electron chi connectivity index (χ1n) is 9.60. The molecule has 29 heavy (non-hydrogen) atoms. The van der Waals surface area contributed by atoms with Gasteiger partial charge >= 0.3 is 5.97 Å². The molecule has 0 spiro atoms. The van der Waals surface area contributed by atoms with E-state index in [1.165, 1.54) is 5.01 Å². The molecule has 4 rings (SSSR count). The van der Waals surface area contributed by atoms with E-state index in [0.717, 1.165) is 17.7 Å². The zero-order valence-corrected chi connectivity index (χ0v) is 16.1. The summed E-state index contributed by atoms with van der Waals surface area (Å²) in [6, 6.07) is 16.6. The van der Waals surface area contributed by atoms with Crippen molar-refractivity contribution in [1.82, 2.24) is 0 Å². The number of ether oxygens (including phenoxy) is 1. The van der Waals surface area contributed by atoms with Crippen molar-refractivity contribution in [2.24, 2.45) is 5.10 Å². The molecule has 0 N–H and O–H groups in total. The minimum absolute atomic E-state index is 0.134. The lowest BCUT2D eigenvalue weighted by atomic mass is 10.1. The minimum Gasteiger partial charge on any atom is -0.448 e. The summed E-state index contributed by atoms with van der Waals surface area (Å²) in [6.45, 7) is 2.13. The molecule has 0 radical (unpaired) electrons. The summed E-state index contributed by atoms with van der Waals surface area (Å²) >= 11 is 0. The molecule has 0 bridgehead atoms. The van der Waals surface area contributed by atoms with Crippen LogP contribution in [0.15, 0.2) is 59.7 Å². The summed E-state index contributed by atoms with van der Waals surface area (Å²) in [5.41, 5.74) is 2.68. The number of nitrogens with zero attached hydrogens (tertiary/aromatic N) is 3. The van der Waals surface area contributed by atoms with Gasteiger partial charge in [-0.3, -0.25) is 9.59 Å². The van der Waals surface area contributed by atoms with Gasteiger partial charge in [-0.25, -0.2) is 9.80 Å². The van der Waals surface area contributed by atoms with E-state index in [1.54, 1.807) is 36.1 Å². The molecule has 0 aromatic heterocycles. The quantitative estimate of drug-likeness (QED) is 0.751. The Balaban J connectivity index is 1.46. The van der Waals surface area contributed by atoms with Crippen molar-refractivity contribution in [1.29, 1.82) is 0 Å². The van der Waals surface area contributed by atoms with Crippen LogP contribution in [0, 0.1) is 0 Å². The monoisotopic (exact) mass is 391 g/mol. The van der Waals surface area contributed by atoms with Gasteiger partial charge in [0.15, 0.2) is 6.10 Å². The highest BCUT2D eigenvalue weighted by Gasteiger charge is 2.32. The van der Waals surface area contributed by atoms with E-state index in [1.807, 2.05) is 30.3 Å². The Morgan fingerprint density at radius 2 is 1.72 bits per heavy atom. The van der Waals surface area contributed by atoms with Crippen molar-refractivity contribution in [3.05, 3.63) is 60.2 Å². The van der Waals surface area contributed by atoms with Crippen LogP contribution >= 0.6 is 0 Å². The molecule has 2 aliphatic rings. The van der Waals surface area contributed by atoms with Crippen LogP contribution in [-0.4, -0.2) is 36.1 Å². The van der Waals surface area contributed by atoms with Crippen molar-refractivity contribution in [3.8, 4) is 0 Å². The summed E-state index contributed by atoms with van der Waals surface area (Å²) in [5, 5.41) is 5.39. The highest BCUT2D eigenvalue weighted by Crippen LogP contribution is 2.28. The van der Waals surface area contributed by atoms with Gasteiger partial charge in [-0.15, -0.1) is 0 Å². The molecule has 0 aliphatic carbocycles. The molecule has 0 saturated heterocycles. The van der Waals surface area contributed by atoms with Crippen LogP contribution in [0.4, 0.5) is 11.4 Å². The fourth-order valence-corrected chi connectivity index (χ4v) is 3.54. The van der Waals surface area contributed by atoms with E-state index in [-0.39, 0.29) is 30.4 Å². The number of esters is 1. The van der Waals surface area contributed by atoms with Gasteiger partial charge in [0.25, 0.3) is 5.91 Å². The topological polar surface area (TPSA) is 79.3 Å². The second-order valence-corrected chi connectivity index (χ2v) is 7.00. The molecule has 0 saturated carbocycles. The number of para-hydroxylation sites is 2. The van der Waals surface area contributed by atoms with Gasteiger partial charge < -0.3 is 9.64 Å². The predicted molar refractivity (Wildman–Crippen MR) is 109 cm³/mol. The Hall–Kier alpha value is -3.48. The van der Waals surface area contributed by atoms with Crippen molar-refractivity contribution < 1.29 is 19.1 Å². The highest BCUT2D eigenvalue weighted by atomic mass is 16.5. The Kier molecular flexibility index (Phi) is 5.12. The van der Waals surface area contributed by atoms with E-state index in [9.17, 15) is 14.4 Å². The van der Waals surface area contributed by atoms with Gasteiger partial charge in [0, 0.05) is 25.1 Å². The zero-order chi connectivity index (χ0) is 20.4. The maximum absolute atomic E-state index is 12.8. The number of hydrogen-bond acceptors (Lipinski definition) is 5. The first kappa shape index (κ1) is 18.9. The molecule has 148 valence electrons. The van der Waals surface area contributed by atoms with Crippen LogP contribution in [0.5, 0.6) is 0 Å². The fraction of sp³-hybridized carbons (Fsp3) is 0.273. The average Bonchev–Trinajstić information content (AvgIpc) is 3.18. The molecule has 7 heteroatoms. The van der Waals surface area contributed by atoms with Gasteiger partial charge in [-0.1, -0.05) is 36.4 Å². The summed E-state index contributed by atoms with van der Waals surface area (Å²) in [4.78, 5) is 39.2. The Bertz CT molecular complexity index is 987. The van der Waals surface area contributed by atoms with Gasteiger partial charge in [0.1, 0.15) is 5.71 Å². The number of hydrazone groups is 1. The third-order valence-electron chi connectivity index (χ3n) is 5.05. The molecule has 7 nitrogen and oxygen atoms in total. The van der Waals surface area contributed by atoms with E-state index in [2.05, 4.69) is 5.10 Å². The molecule has 0 fully saturated rings. The maximum atomic E-state index is 12.8. The molecule has 2 aromatic carbocycles. The number of anilines is 2. The number of benzene rings is 2. The number of carbonyl (C=O) groups is 3. The largest absolute Gasteiger partial charge is 0.448 e. The standard InChI is InChI=1S/C22H21N3O4/c1-15(21(27)24-14-13-16-7-5-6-10-19(16)24)29-22(28)18-11-12-20(26)25(23-18)17-8-3-2-4-9-17/h2-10,15H,11-14H2,1H3. The van der Waals surface area contributed by atoms with Crippen molar-refractivity contribution in [2.45, 2.75) is 32.3 Å². The summed E-state index contributed by atoms with van der Waals surface area (Å²) in [5.74, 6) is -1.13. The van der Waals surface area contributed by atoms with Gasteiger partial charge in [0.05, 0.1) is 5.69 Å². The van der Waals surface area contributed by atoms with Gasteiger partial charge in [-0.2, -0.15) is 5.10 Å². The number of fused-ring (bicyclic) bond motifs is 1. The first-order valence-corrected chi connectivity index (χ1v) is 9.60. The predicted octanol–water partition coefficient (Wildman–Crippen LogP) is 2.69. The summed E-state index contributed by atoms with van der Waals surface area (Å²) in [6.07, 6.45) is 0.182. The smallest absolute Gasteiger partial charge is 0.355 e. The Morgan fingerprint density at radius 1 is 1.00 bits per heavy atom. The SMILES string of the molecule is CC(OC(=O)C1=NN(c2ccccc2)C(=O)CC1)C(=O)N1CCc2ccccc21.